The number of ether oxygens (including phenoxy) is 2. The summed E-state index contributed by atoms with van der Waals surface area (Å²) in [4.78, 5) is 38.9. The van der Waals surface area contributed by atoms with Crippen LogP contribution in [-0.2, 0) is 16.1 Å². The van der Waals surface area contributed by atoms with Crippen LogP contribution >= 0.6 is 0 Å². The van der Waals surface area contributed by atoms with Gasteiger partial charge >= 0.3 is 12.1 Å². The number of nitrogens with one attached hydrogen (secondary N) is 1. The van der Waals surface area contributed by atoms with Crippen LogP contribution in [0.4, 0.5) is 18.9 Å². The van der Waals surface area contributed by atoms with Gasteiger partial charge in [0.15, 0.2) is 5.65 Å². The van der Waals surface area contributed by atoms with Crippen molar-refractivity contribution in [2.75, 3.05) is 24.7 Å². The summed E-state index contributed by atoms with van der Waals surface area (Å²) in [5, 5.41) is 16.6. The second kappa shape index (κ2) is 10.1. The van der Waals surface area contributed by atoms with Crippen LogP contribution in [0.15, 0.2) is 41.3 Å². The van der Waals surface area contributed by atoms with Crippen LogP contribution in [0.25, 0.3) is 5.65 Å². The number of nitrogens with zero attached hydrogens (tertiary/aromatic N) is 4. The van der Waals surface area contributed by atoms with Gasteiger partial charge in [0.1, 0.15) is 5.75 Å². The zero-order valence-electron chi connectivity index (χ0n) is 20.0. The molecule has 5 rings (SSSR count). The van der Waals surface area contributed by atoms with E-state index in [1.165, 1.54) is 44.4 Å². The zero-order valence-corrected chi connectivity index (χ0v) is 20.0. The molecule has 0 saturated carbocycles. The quantitative estimate of drug-likeness (QED) is 0.493. The number of hydrogen-bond donors (Lipinski definition) is 2. The number of fused-ring (bicyclic) bond motifs is 1. The van der Waals surface area contributed by atoms with E-state index in [1.54, 1.807) is 0 Å². The van der Waals surface area contributed by atoms with Gasteiger partial charge < -0.3 is 24.8 Å². The van der Waals surface area contributed by atoms with Gasteiger partial charge in [0.2, 0.25) is 5.91 Å². The summed E-state index contributed by atoms with van der Waals surface area (Å²) >= 11 is 0. The molecule has 2 fully saturated rings. The fourth-order valence-corrected chi connectivity index (χ4v) is 4.59. The first-order valence-electron chi connectivity index (χ1n) is 11.9. The molecule has 2 amide bonds. The second-order valence-corrected chi connectivity index (χ2v) is 9.10. The van der Waals surface area contributed by atoms with E-state index in [0.717, 1.165) is 6.07 Å². The average molecular weight is 535 g/mol. The van der Waals surface area contributed by atoms with E-state index in [2.05, 4.69) is 15.2 Å². The number of alkyl halides is 3. The molecule has 0 bridgehead atoms. The van der Waals surface area contributed by atoms with Gasteiger partial charge in [-0.25, -0.2) is 13.9 Å². The molecule has 1 aromatic carbocycles. The van der Waals surface area contributed by atoms with Crippen LogP contribution in [0.5, 0.6) is 5.75 Å². The van der Waals surface area contributed by atoms with Crippen molar-refractivity contribution in [3.05, 3.63) is 58.1 Å². The maximum Gasteiger partial charge on any atom is 0.573 e. The van der Waals surface area contributed by atoms with Crippen molar-refractivity contribution in [2.24, 2.45) is 0 Å². The minimum atomic E-state index is -5.01. The lowest BCUT2D eigenvalue weighted by molar-refractivity contribution is -0.274. The van der Waals surface area contributed by atoms with E-state index in [-0.39, 0.29) is 42.4 Å². The maximum absolute atomic E-state index is 13.1. The SMILES string of the molecule is O=C(NCc1ccc(N2C[C@H](O)CC2=O)cc1OC(F)(F)F)c1ccc2nn(C3CCOCC3)c(=O)n2c1. The van der Waals surface area contributed by atoms with E-state index < -0.39 is 35.7 Å². The molecule has 0 spiro atoms. The Balaban J connectivity index is 1.34. The van der Waals surface area contributed by atoms with Gasteiger partial charge in [0.25, 0.3) is 5.91 Å². The van der Waals surface area contributed by atoms with Crippen molar-refractivity contribution in [1.82, 2.24) is 19.5 Å². The molecule has 2 aliphatic heterocycles. The third kappa shape index (κ3) is 5.36. The van der Waals surface area contributed by atoms with E-state index in [9.17, 15) is 32.7 Å². The fraction of sp³-hybridized carbons (Fsp3) is 0.417. The van der Waals surface area contributed by atoms with Crippen molar-refractivity contribution in [3.63, 3.8) is 0 Å². The highest BCUT2D eigenvalue weighted by molar-refractivity contribution is 5.96. The van der Waals surface area contributed by atoms with Crippen molar-refractivity contribution in [2.45, 2.75) is 44.3 Å². The van der Waals surface area contributed by atoms with E-state index in [4.69, 9.17) is 4.74 Å². The van der Waals surface area contributed by atoms with Gasteiger partial charge in [-0.1, -0.05) is 6.07 Å². The standard InChI is InChI=1S/C24H24F3N5O6/c25-24(26,27)38-19-9-17(30-13-18(33)10-21(30)34)3-1-14(19)11-28-22(35)15-2-4-20-29-32(23(36)31(20)12-15)16-5-7-37-8-6-16/h1-4,9,12,16,18,33H,5-8,10-11,13H2,(H,28,35)/t18-/m1/s1. The predicted octanol–water partition coefficient (Wildman–Crippen LogP) is 1.77. The summed E-state index contributed by atoms with van der Waals surface area (Å²) in [6.07, 6.45) is -3.44. The molecule has 1 atom stereocenters. The average Bonchev–Trinajstić information content (AvgIpc) is 3.40. The molecule has 2 saturated heterocycles. The molecular weight excluding hydrogens is 511 g/mol. The minimum Gasteiger partial charge on any atom is -0.405 e. The number of pyridine rings is 1. The Kier molecular flexibility index (Phi) is 6.84. The Morgan fingerprint density at radius 1 is 1.18 bits per heavy atom. The molecule has 0 radical (unpaired) electrons. The summed E-state index contributed by atoms with van der Waals surface area (Å²) in [5.41, 5.74) is 0.206. The number of amides is 2. The van der Waals surface area contributed by atoms with Crippen molar-refractivity contribution in [1.29, 1.82) is 0 Å². The van der Waals surface area contributed by atoms with E-state index >= 15 is 0 Å². The molecule has 2 N–H and O–H groups in total. The summed E-state index contributed by atoms with van der Waals surface area (Å²) in [6, 6.07) is 6.63. The minimum absolute atomic E-state index is 0.0113. The summed E-state index contributed by atoms with van der Waals surface area (Å²) in [7, 11) is 0. The molecule has 4 heterocycles. The number of carbonyl (C=O) groups is 2. The number of halogens is 3. The lowest BCUT2D eigenvalue weighted by atomic mass is 10.1. The maximum atomic E-state index is 13.1. The number of hydrogen-bond acceptors (Lipinski definition) is 7. The van der Waals surface area contributed by atoms with Crippen molar-refractivity contribution >= 4 is 23.1 Å². The topological polar surface area (TPSA) is 127 Å². The van der Waals surface area contributed by atoms with Gasteiger partial charge in [-0.2, -0.15) is 0 Å². The van der Waals surface area contributed by atoms with Gasteiger partial charge in [-0.05, 0) is 31.0 Å². The Hall–Kier alpha value is -3.91. The molecular formula is C24H24F3N5O6. The fourth-order valence-electron chi connectivity index (χ4n) is 4.59. The highest BCUT2D eigenvalue weighted by Gasteiger charge is 2.34. The normalized spacial score (nSPS) is 18.8. The number of rotatable bonds is 6. The first-order valence-corrected chi connectivity index (χ1v) is 11.9. The number of β-amino-alcohol motifs (C(OH)–C–C–N with tert-alkyl or cyclic N) is 1. The Labute approximate surface area is 213 Å². The number of aliphatic hydroxyl groups excluding tert-OH is 1. The highest BCUT2D eigenvalue weighted by Crippen LogP contribution is 2.32. The lowest BCUT2D eigenvalue weighted by Crippen LogP contribution is -2.30. The molecule has 3 aromatic rings. The molecule has 11 nitrogen and oxygen atoms in total. The van der Waals surface area contributed by atoms with Gasteiger partial charge in [-0.15, -0.1) is 18.3 Å². The van der Waals surface area contributed by atoms with Crippen LogP contribution in [0.2, 0.25) is 0 Å². The Bertz CT molecular complexity index is 1430. The monoisotopic (exact) mass is 535 g/mol. The van der Waals surface area contributed by atoms with Gasteiger partial charge in [0.05, 0.1) is 30.7 Å². The molecule has 2 aromatic heterocycles. The molecule has 0 aliphatic carbocycles. The third-order valence-electron chi connectivity index (χ3n) is 6.47. The number of anilines is 1. The van der Waals surface area contributed by atoms with Gasteiger partial charge in [-0.3, -0.25) is 9.59 Å². The van der Waals surface area contributed by atoms with Crippen LogP contribution < -0.4 is 20.6 Å². The van der Waals surface area contributed by atoms with Crippen molar-refractivity contribution < 1.29 is 37.3 Å². The molecule has 0 unspecified atom stereocenters. The predicted molar refractivity (Wildman–Crippen MR) is 126 cm³/mol. The molecule has 2 aliphatic rings. The number of aliphatic hydroxyl groups is 1. The Morgan fingerprint density at radius 2 is 1.95 bits per heavy atom. The molecule has 202 valence electrons. The van der Waals surface area contributed by atoms with Crippen LogP contribution in [0, 0.1) is 0 Å². The smallest absolute Gasteiger partial charge is 0.405 e. The number of carbonyl (C=O) groups excluding carboxylic acids is 2. The van der Waals surface area contributed by atoms with Crippen molar-refractivity contribution in [3.8, 4) is 5.75 Å². The van der Waals surface area contributed by atoms with Crippen LogP contribution in [0.3, 0.4) is 0 Å². The summed E-state index contributed by atoms with van der Waals surface area (Å²) in [5.74, 6) is -1.64. The Morgan fingerprint density at radius 3 is 2.63 bits per heavy atom. The number of benzene rings is 1. The largest absolute Gasteiger partial charge is 0.573 e. The van der Waals surface area contributed by atoms with Crippen LogP contribution in [-0.4, -0.2) is 63.3 Å². The molecule has 14 heteroatoms. The summed E-state index contributed by atoms with van der Waals surface area (Å²) < 4.78 is 51.3. The first kappa shape index (κ1) is 25.7. The van der Waals surface area contributed by atoms with E-state index in [1.807, 2.05) is 0 Å². The highest BCUT2D eigenvalue weighted by atomic mass is 19.4. The third-order valence-corrected chi connectivity index (χ3v) is 6.47. The molecule has 38 heavy (non-hydrogen) atoms. The number of aromatic nitrogens is 3. The second-order valence-electron chi connectivity index (χ2n) is 9.10. The lowest BCUT2D eigenvalue weighted by Gasteiger charge is -2.20. The first-order chi connectivity index (χ1) is 18.1. The zero-order chi connectivity index (χ0) is 27.0. The summed E-state index contributed by atoms with van der Waals surface area (Å²) in [6.45, 7) is 0.675. The van der Waals surface area contributed by atoms with Gasteiger partial charge in [0, 0.05) is 43.3 Å². The van der Waals surface area contributed by atoms with E-state index in [0.29, 0.717) is 31.7 Å². The van der Waals surface area contributed by atoms with Crippen LogP contribution in [0.1, 0.15) is 41.2 Å².